The molecular weight excluding hydrogens is 359 g/mol. The third kappa shape index (κ3) is 4.85. The molecule has 1 unspecified atom stereocenters. The highest BCUT2D eigenvalue weighted by molar-refractivity contribution is 5.89. The summed E-state index contributed by atoms with van der Waals surface area (Å²) in [5, 5.41) is 5.95. The third-order valence-electron chi connectivity index (χ3n) is 4.32. The van der Waals surface area contributed by atoms with Crippen LogP contribution >= 0.6 is 12.4 Å². The van der Waals surface area contributed by atoms with Gasteiger partial charge in [-0.15, -0.1) is 12.4 Å². The normalized spacial score (nSPS) is 19.6. The van der Waals surface area contributed by atoms with Crippen LogP contribution in [0.4, 0.5) is 13.2 Å². The molecule has 1 saturated heterocycles. The van der Waals surface area contributed by atoms with Crippen molar-refractivity contribution < 1.29 is 22.8 Å². The van der Waals surface area contributed by atoms with Gasteiger partial charge in [-0.2, -0.15) is 13.2 Å². The van der Waals surface area contributed by atoms with Crippen molar-refractivity contribution >= 4 is 24.2 Å². The Morgan fingerprint density at radius 3 is 2.72 bits per heavy atom. The molecule has 138 valence electrons. The van der Waals surface area contributed by atoms with Crippen molar-refractivity contribution in [3.05, 3.63) is 34.9 Å². The minimum Gasteiger partial charge on any atom is -0.352 e. The molecule has 0 spiro atoms. The topological polar surface area (TPSA) is 61.4 Å². The first kappa shape index (κ1) is 19.5. The molecule has 25 heavy (non-hydrogen) atoms. The average molecular weight is 378 g/mol. The molecule has 0 radical (unpaired) electrons. The maximum Gasteiger partial charge on any atom is 0.406 e. The summed E-state index contributed by atoms with van der Waals surface area (Å²) in [6.45, 7) is 0.448. The summed E-state index contributed by atoms with van der Waals surface area (Å²) < 4.78 is 37.2. The van der Waals surface area contributed by atoms with Crippen LogP contribution in [0.3, 0.4) is 0 Å². The average Bonchev–Trinajstić information content (AvgIpc) is 3.10. The van der Waals surface area contributed by atoms with E-state index in [0.29, 0.717) is 11.4 Å². The fourth-order valence-electron chi connectivity index (χ4n) is 3.11. The van der Waals surface area contributed by atoms with Crippen molar-refractivity contribution in [1.29, 1.82) is 0 Å². The number of nitrogens with one attached hydrogen (secondary N) is 2. The van der Waals surface area contributed by atoms with Gasteiger partial charge in [0.05, 0.1) is 5.92 Å². The van der Waals surface area contributed by atoms with Crippen molar-refractivity contribution in [2.24, 2.45) is 5.92 Å². The summed E-state index contributed by atoms with van der Waals surface area (Å²) in [6, 6.07) is 5.92. The second-order valence-electron chi connectivity index (χ2n) is 6.21. The monoisotopic (exact) mass is 377 g/mol. The van der Waals surface area contributed by atoms with E-state index in [4.69, 9.17) is 0 Å². The van der Waals surface area contributed by atoms with Crippen molar-refractivity contribution in [3.8, 4) is 0 Å². The third-order valence-corrected chi connectivity index (χ3v) is 4.32. The van der Waals surface area contributed by atoms with E-state index in [1.807, 2.05) is 18.2 Å². The second-order valence-corrected chi connectivity index (χ2v) is 6.21. The number of alkyl halides is 3. The van der Waals surface area contributed by atoms with Crippen molar-refractivity contribution in [3.63, 3.8) is 0 Å². The predicted molar refractivity (Wildman–Crippen MR) is 86.8 cm³/mol. The molecule has 0 bridgehead atoms. The van der Waals surface area contributed by atoms with E-state index < -0.39 is 24.5 Å². The number of nitrogens with zero attached hydrogens (tertiary/aromatic N) is 1. The summed E-state index contributed by atoms with van der Waals surface area (Å²) >= 11 is 0. The minimum absolute atomic E-state index is 0. The van der Waals surface area contributed by atoms with Crippen LogP contribution in [0.25, 0.3) is 0 Å². The molecule has 9 heteroatoms. The number of amides is 2. The Kier molecular flexibility index (Phi) is 5.95. The van der Waals surface area contributed by atoms with Crippen LogP contribution in [0.5, 0.6) is 0 Å². The number of halogens is 4. The number of likely N-dealkylation sites (tertiary alicyclic amines) is 1. The van der Waals surface area contributed by atoms with Crippen LogP contribution in [0, 0.1) is 5.92 Å². The predicted octanol–water partition coefficient (Wildman–Crippen LogP) is 1.74. The second kappa shape index (κ2) is 7.61. The Bertz CT molecular complexity index is 667. The number of carbonyl (C=O) groups excluding carboxylic acids is 2. The van der Waals surface area contributed by atoms with Crippen LogP contribution in [-0.2, 0) is 29.2 Å². The van der Waals surface area contributed by atoms with E-state index in [1.54, 1.807) is 0 Å². The number of rotatable bonds is 4. The van der Waals surface area contributed by atoms with E-state index in [2.05, 4.69) is 10.6 Å². The number of benzene rings is 1. The molecule has 0 saturated carbocycles. The quantitative estimate of drug-likeness (QED) is 0.840. The minimum atomic E-state index is -4.44. The number of hydrogen-bond donors (Lipinski definition) is 2. The van der Waals surface area contributed by atoms with Gasteiger partial charge in [-0.1, -0.05) is 18.2 Å². The van der Waals surface area contributed by atoms with Gasteiger partial charge in [0.1, 0.15) is 6.54 Å². The molecule has 1 aromatic carbocycles. The van der Waals surface area contributed by atoms with Crippen LogP contribution < -0.4 is 10.6 Å². The van der Waals surface area contributed by atoms with E-state index >= 15 is 0 Å². The Hall–Kier alpha value is -1.80. The zero-order valence-electron chi connectivity index (χ0n) is 13.4. The van der Waals surface area contributed by atoms with Gasteiger partial charge in [0.15, 0.2) is 0 Å². The first-order chi connectivity index (χ1) is 11.3. The molecule has 1 aromatic rings. The van der Waals surface area contributed by atoms with E-state index in [0.717, 1.165) is 18.7 Å². The molecule has 0 aliphatic carbocycles. The van der Waals surface area contributed by atoms with Gasteiger partial charge in [0, 0.05) is 32.6 Å². The lowest BCUT2D eigenvalue weighted by Crippen LogP contribution is -2.37. The fourth-order valence-corrected chi connectivity index (χ4v) is 3.11. The van der Waals surface area contributed by atoms with Gasteiger partial charge < -0.3 is 15.5 Å². The highest BCUT2D eigenvalue weighted by Crippen LogP contribution is 2.24. The van der Waals surface area contributed by atoms with E-state index in [-0.39, 0.29) is 31.3 Å². The molecule has 2 aliphatic rings. The lowest BCUT2D eigenvalue weighted by molar-refractivity contribution is -0.157. The summed E-state index contributed by atoms with van der Waals surface area (Å²) in [5.74, 6) is -1.74. The molecule has 2 heterocycles. The zero-order valence-corrected chi connectivity index (χ0v) is 14.2. The zero-order chi connectivity index (χ0) is 17.3. The van der Waals surface area contributed by atoms with Crippen molar-refractivity contribution in [1.82, 2.24) is 15.5 Å². The lowest BCUT2D eigenvalue weighted by atomic mass is 10.1. The molecule has 2 amide bonds. The molecule has 2 aliphatic heterocycles. The molecule has 0 aromatic heterocycles. The van der Waals surface area contributed by atoms with Gasteiger partial charge >= 0.3 is 6.18 Å². The Morgan fingerprint density at radius 2 is 2.00 bits per heavy atom. The Morgan fingerprint density at radius 1 is 1.28 bits per heavy atom. The standard InChI is InChI=1S/C16H18F3N3O2.ClH/c17-16(18,19)9-22-8-13(4-14(22)23)15(24)21-5-10-1-2-11-6-20-7-12(11)3-10;/h1-3,13,20H,4-9H2,(H,21,24);1H. The summed E-state index contributed by atoms with van der Waals surface area (Å²) in [6.07, 6.45) is -4.62. The first-order valence-electron chi connectivity index (χ1n) is 7.75. The Balaban J connectivity index is 0.00000225. The van der Waals surface area contributed by atoms with Crippen LogP contribution in [0.2, 0.25) is 0 Å². The highest BCUT2D eigenvalue weighted by Gasteiger charge is 2.40. The largest absolute Gasteiger partial charge is 0.406 e. The van der Waals surface area contributed by atoms with Gasteiger partial charge in [0.25, 0.3) is 0 Å². The van der Waals surface area contributed by atoms with Crippen molar-refractivity contribution in [2.75, 3.05) is 13.1 Å². The molecule has 1 fully saturated rings. The van der Waals surface area contributed by atoms with Gasteiger partial charge in [0.2, 0.25) is 11.8 Å². The van der Waals surface area contributed by atoms with Gasteiger partial charge in [-0.05, 0) is 16.7 Å². The van der Waals surface area contributed by atoms with E-state index in [9.17, 15) is 22.8 Å². The molecular formula is C16H19ClF3N3O2. The lowest BCUT2D eigenvalue weighted by Gasteiger charge is -2.18. The van der Waals surface area contributed by atoms with Gasteiger partial charge in [-0.3, -0.25) is 9.59 Å². The SMILES string of the molecule is Cl.O=C(NCc1ccc2c(c1)CNC2)C1CC(=O)N(CC(F)(F)F)C1. The number of hydrogen-bond acceptors (Lipinski definition) is 3. The fraction of sp³-hybridized carbons (Fsp3) is 0.500. The number of carbonyl (C=O) groups is 2. The van der Waals surface area contributed by atoms with Crippen LogP contribution in [0.15, 0.2) is 18.2 Å². The Labute approximate surface area is 149 Å². The molecule has 2 N–H and O–H groups in total. The molecule has 5 nitrogen and oxygen atoms in total. The highest BCUT2D eigenvalue weighted by atomic mass is 35.5. The molecule has 1 atom stereocenters. The van der Waals surface area contributed by atoms with Crippen LogP contribution in [-0.4, -0.2) is 36.0 Å². The smallest absolute Gasteiger partial charge is 0.352 e. The maximum absolute atomic E-state index is 12.4. The van der Waals surface area contributed by atoms with E-state index in [1.165, 1.54) is 11.1 Å². The first-order valence-corrected chi connectivity index (χ1v) is 7.75. The summed E-state index contributed by atoms with van der Waals surface area (Å²) in [7, 11) is 0. The van der Waals surface area contributed by atoms with Gasteiger partial charge in [-0.25, -0.2) is 0 Å². The number of fused-ring (bicyclic) bond motifs is 1. The molecule has 3 rings (SSSR count). The van der Waals surface area contributed by atoms with Crippen LogP contribution in [0.1, 0.15) is 23.1 Å². The summed E-state index contributed by atoms with van der Waals surface area (Å²) in [4.78, 5) is 24.4. The maximum atomic E-state index is 12.4. The van der Waals surface area contributed by atoms with Crippen molar-refractivity contribution in [2.45, 2.75) is 32.2 Å². The summed E-state index contributed by atoms with van der Waals surface area (Å²) in [5.41, 5.74) is 3.35.